The number of benzene rings is 2. The van der Waals surface area contributed by atoms with E-state index >= 15 is 0 Å². The number of aromatic nitrogens is 1. The summed E-state index contributed by atoms with van der Waals surface area (Å²) in [6, 6.07) is 9.28. The van der Waals surface area contributed by atoms with E-state index in [1.807, 2.05) is 0 Å². The van der Waals surface area contributed by atoms with Gasteiger partial charge in [0.2, 0.25) is 0 Å². The number of fused-ring (bicyclic) bond motifs is 1. The van der Waals surface area contributed by atoms with Crippen molar-refractivity contribution in [3.63, 3.8) is 0 Å². The molecule has 0 aliphatic rings. The zero-order valence-corrected chi connectivity index (χ0v) is 19.6. The van der Waals surface area contributed by atoms with E-state index in [9.17, 15) is 18.0 Å². The van der Waals surface area contributed by atoms with Crippen LogP contribution >= 0.6 is 11.3 Å². The lowest BCUT2D eigenvalue weighted by atomic mass is 10.2. The number of hydrogen-bond acceptors (Lipinski definition) is 8. The van der Waals surface area contributed by atoms with Crippen LogP contribution in [-0.4, -0.2) is 51.9 Å². The summed E-state index contributed by atoms with van der Waals surface area (Å²) in [5.41, 5.74) is 0.457. The molecule has 1 aromatic heterocycles. The molecule has 0 saturated carbocycles. The van der Waals surface area contributed by atoms with Crippen molar-refractivity contribution < 1.29 is 32.2 Å². The van der Waals surface area contributed by atoms with Gasteiger partial charge in [-0.25, -0.2) is 8.42 Å². The molecule has 170 valence electrons. The highest BCUT2D eigenvalue weighted by Gasteiger charge is 2.22. The molecule has 1 amide bonds. The van der Waals surface area contributed by atoms with Crippen LogP contribution in [-0.2, 0) is 25.9 Å². The van der Waals surface area contributed by atoms with Gasteiger partial charge in [0.05, 0.1) is 37.5 Å². The molecule has 0 radical (unpaired) electrons. The summed E-state index contributed by atoms with van der Waals surface area (Å²) in [4.78, 5) is 29.4. The minimum atomic E-state index is -3.64. The Morgan fingerprint density at radius 1 is 1.03 bits per heavy atom. The van der Waals surface area contributed by atoms with Gasteiger partial charge in [-0.3, -0.25) is 9.59 Å². The van der Waals surface area contributed by atoms with Gasteiger partial charge in [-0.2, -0.15) is 4.99 Å². The Balaban J connectivity index is 2.30. The lowest BCUT2D eigenvalue weighted by Gasteiger charge is -2.09. The van der Waals surface area contributed by atoms with Crippen molar-refractivity contribution in [2.24, 2.45) is 4.99 Å². The Labute approximate surface area is 188 Å². The van der Waals surface area contributed by atoms with Gasteiger partial charge in [0.1, 0.15) is 28.3 Å². The molecule has 0 fully saturated rings. The van der Waals surface area contributed by atoms with Crippen molar-refractivity contribution in [2.75, 3.05) is 27.1 Å². The molecular weight excluding hydrogens is 456 g/mol. The fraction of sp³-hybridized carbons (Fsp3) is 0.286. The molecule has 3 rings (SSSR count). The zero-order chi connectivity index (χ0) is 23.5. The van der Waals surface area contributed by atoms with Crippen LogP contribution in [0.25, 0.3) is 10.2 Å². The molecule has 0 aliphatic heterocycles. The molecule has 9 nitrogen and oxygen atoms in total. The average Bonchev–Trinajstić information content (AvgIpc) is 3.15. The Kier molecular flexibility index (Phi) is 6.99. The van der Waals surface area contributed by atoms with Crippen LogP contribution in [0, 0.1) is 0 Å². The van der Waals surface area contributed by atoms with Gasteiger partial charge < -0.3 is 18.8 Å². The van der Waals surface area contributed by atoms with E-state index in [2.05, 4.69) is 4.99 Å². The van der Waals surface area contributed by atoms with Crippen molar-refractivity contribution in [2.45, 2.75) is 18.4 Å². The smallest absolute Gasteiger partial charge is 0.325 e. The van der Waals surface area contributed by atoms with Crippen molar-refractivity contribution in [3.05, 3.63) is 46.8 Å². The summed E-state index contributed by atoms with van der Waals surface area (Å²) in [6.07, 6.45) is 0. The number of nitrogens with zero attached hydrogens (tertiary/aromatic N) is 2. The fourth-order valence-corrected chi connectivity index (χ4v) is 5.32. The molecule has 0 N–H and O–H groups in total. The number of ether oxygens (including phenoxy) is 3. The van der Waals surface area contributed by atoms with Gasteiger partial charge in [-0.15, -0.1) is 0 Å². The van der Waals surface area contributed by atoms with Crippen LogP contribution in [0.15, 0.2) is 46.3 Å². The summed E-state index contributed by atoms with van der Waals surface area (Å²) in [5, 5.41) is 0. The van der Waals surface area contributed by atoms with Crippen molar-refractivity contribution in [1.29, 1.82) is 0 Å². The molecule has 3 aromatic rings. The maximum Gasteiger partial charge on any atom is 0.325 e. The molecular formula is C21H22N2O7S2. The Bertz CT molecular complexity index is 1350. The molecule has 0 bridgehead atoms. The van der Waals surface area contributed by atoms with Crippen LogP contribution in [0.5, 0.6) is 11.5 Å². The number of methoxy groups -OCH3 is 3. The first-order chi connectivity index (χ1) is 15.3. The quantitative estimate of drug-likeness (QED) is 0.479. The predicted molar refractivity (Wildman–Crippen MR) is 119 cm³/mol. The molecule has 0 unspecified atom stereocenters. The normalized spacial score (nSPS) is 12.1. The molecule has 0 atom stereocenters. The highest BCUT2D eigenvalue weighted by molar-refractivity contribution is 7.91. The second-order valence-electron chi connectivity index (χ2n) is 6.51. The highest BCUT2D eigenvalue weighted by Crippen LogP contribution is 2.35. The van der Waals surface area contributed by atoms with Gasteiger partial charge >= 0.3 is 5.97 Å². The van der Waals surface area contributed by atoms with Crippen LogP contribution in [0.2, 0.25) is 0 Å². The zero-order valence-electron chi connectivity index (χ0n) is 17.9. The van der Waals surface area contributed by atoms with Gasteiger partial charge in [0, 0.05) is 0 Å². The lowest BCUT2D eigenvalue weighted by Crippen LogP contribution is -2.23. The third-order valence-electron chi connectivity index (χ3n) is 4.74. The van der Waals surface area contributed by atoms with Gasteiger partial charge in [-0.05, 0) is 24.3 Å². The number of rotatable bonds is 7. The number of amides is 1. The van der Waals surface area contributed by atoms with E-state index in [1.54, 1.807) is 24.3 Å². The van der Waals surface area contributed by atoms with E-state index in [1.165, 1.54) is 45.0 Å². The van der Waals surface area contributed by atoms with Crippen molar-refractivity contribution in [1.82, 2.24) is 4.57 Å². The van der Waals surface area contributed by atoms with E-state index < -0.39 is 21.7 Å². The molecule has 0 aliphatic carbocycles. The molecule has 1 heterocycles. The maximum absolute atomic E-state index is 13.1. The first kappa shape index (κ1) is 23.5. The average molecular weight is 479 g/mol. The summed E-state index contributed by atoms with van der Waals surface area (Å²) in [7, 11) is 0.590. The predicted octanol–water partition coefficient (Wildman–Crippen LogP) is 2.43. The Morgan fingerprint density at radius 2 is 1.69 bits per heavy atom. The van der Waals surface area contributed by atoms with Crippen LogP contribution < -0.4 is 14.3 Å². The van der Waals surface area contributed by atoms with Crippen LogP contribution in [0.4, 0.5) is 0 Å². The van der Waals surface area contributed by atoms with Crippen LogP contribution in [0.1, 0.15) is 17.3 Å². The summed E-state index contributed by atoms with van der Waals surface area (Å²) < 4.78 is 42.6. The topological polar surface area (TPSA) is 113 Å². The lowest BCUT2D eigenvalue weighted by molar-refractivity contribution is -0.141. The minimum Gasteiger partial charge on any atom is -0.495 e. The van der Waals surface area contributed by atoms with E-state index in [-0.39, 0.29) is 27.6 Å². The highest BCUT2D eigenvalue weighted by atomic mass is 32.2. The van der Waals surface area contributed by atoms with Gasteiger partial charge in [0.15, 0.2) is 14.6 Å². The number of esters is 1. The maximum atomic E-state index is 13.1. The second kappa shape index (κ2) is 9.53. The number of carbonyl (C=O) groups excluding carboxylic acids is 2. The van der Waals surface area contributed by atoms with Crippen molar-refractivity contribution >= 4 is 43.3 Å². The van der Waals surface area contributed by atoms with Gasteiger partial charge in [0.25, 0.3) is 5.91 Å². The molecule has 2 aromatic carbocycles. The molecule has 11 heteroatoms. The summed E-state index contributed by atoms with van der Waals surface area (Å²) in [5.74, 6) is -0.508. The molecule has 32 heavy (non-hydrogen) atoms. The third-order valence-corrected chi connectivity index (χ3v) is 7.62. The van der Waals surface area contributed by atoms with E-state index in [0.29, 0.717) is 21.7 Å². The SMILES string of the molecule is CCS(=O)(=O)c1ccccc1C(=O)N=c1sc2c(OC)ccc(OC)c2n1CC(=O)OC. The fourth-order valence-electron chi connectivity index (χ4n) is 3.10. The summed E-state index contributed by atoms with van der Waals surface area (Å²) in [6.45, 7) is 1.27. The first-order valence-electron chi connectivity index (χ1n) is 9.49. The number of hydrogen-bond donors (Lipinski definition) is 0. The summed E-state index contributed by atoms with van der Waals surface area (Å²) >= 11 is 1.11. The largest absolute Gasteiger partial charge is 0.495 e. The number of thiazole rings is 1. The van der Waals surface area contributed by atoms with Crippen LogP contribution in [0.3, 0.4) is 0 Å². The van der Waals surface area contributed by atoms with E-state index in [0.717, 1.165) is 11.3 Å². The van der Waals surface area contributed by atoms with Crippen molar-refractivity contribution in [3.8, 4) is 11.5 Å². The van der Waals surface area contributed by atoms with Gasteiger partial charge in [-0.1, -0.05) is 30.4 Å². The third kappa shape index (κ3) is 4.39. The minimum absolute atomic E-state index is 0.0460. The second-order valence-corrected chi connectivity index (χ2v) is 9.74. The number of carbonyl (C=O) groups is 2. The monoisotopic (exact) mass is 478 g/mol. The Morgan fingerprint density at radius 3 is 2.31 bits per heavy atom. The molecule has 0 spiro atoms. The number of sulfone groups is 1. The Hall–Kier alpha value is -3.18. The molecule has 0 saturated heterocycles. The standard InChI is InChI=1S/C21H22N2O7S2/c1-5-32(26,27)16-9-7-6-8-13(16)20(25)22-21-23(12-17(24)30-4)18-14(28-2)10-11-15(29-3)19(18)31-21/h6-11H,5,12H2,1-4H3. The van der Waals surface area contributed by atoms with E-state index in [4.69, 9.17) is 14.2 Å². The first-order valence-corrected chi connectivity index (χ1v) is 12.0.